The van der Waals surface area contributed by atoms with Crippen molar-refractivity contribution >= 4 is 23.5 Å². The molecule has 0 heterocycles. The molecule has 1 fully saturated rings. The molecule has 6 nitrogen and oxygen atoms in total. The van der Waals surface area contributed by atoms with Crippen LogP contribution in [0.2, 0.25) is 0 Å². The maximum Gasteiger partial charge on any atom is 0.316 e. The van der Waals surface area contributed by atoms with Crippen LogP contribution in [0.15, 0.2) is 0 Å². The Hall–Kier alpha value is -1.72. The Morgan fingerprint density at radius 2 is 1.12 bits per heavy atom. The first-order valence-electron chi connectivity index (χ1n) is 9.89. The van der Waals surface area contributed by atoms with Crippen LogP contribution in [0, 0.1) is 11.8 Å². The van der Waals surface area contributed by atoms with Crippen LogP contribution in [-0.4, -0.2) is 36.7 Å². The normalized spacial score (nSPS) is 20.1. The van der Waals surface area contributed by atoms with Crippen LogP contribution >= 0.6 is 0 Å². The minimum absolute atomic E-state index is 0.262. The number of esters is 2. The Labute approximate surface area is 156 Å². The van der Waals surface area contributed by atoms with Gasteiger partial charge in [0.05, 0.1) is 13.2 Å². The highest BCUT2D eigenvalue weighted by Gasteiger charge is 2.43. The monoisotopic (exact) mass is 368 g/mol. The molecule has 0 amide bonds. The molecule has 0 bridgehead atoms. The van der Waals surface area contributed by atoms with E-state index in [1.807, 2.05) is 0 Å². The lowest BCUT2D eigenvalue weighted by Crippen LogP contribution is -2.41. The second-order valence-electron chi connectivity index (χ2n) is 6.90. The van der Waals surface area contributed by atoms with Crippen LogP contribution in [0.5, 0.6) is 0 Å². The van der Waals surface area contributed by atoms with Gasteiger partial charge in [0.1, 0.15) is 23.4 Å². The zero-order chi connectivity index (χ0) is 19.4. The van der Waals surface area contributed by atoms with Gasteiger partial charge in [-0.2, -0.15) is 0 Å². The fourth-order valence-electron chi connectivity index (χ4n) is 2.95. The number of unbranched alkanes of at least 4 members (excludes halogenated alkanes) is 6. The second-order valence-corrected chi connectivity index (χ2v) is 6.90. The summed E-state index contributed by atoms with van der Waals surface area (Å²) < 4.78 is 10.2. The van der Waals surface area contributed by atoms with Crippen molar-refractivity contribution in [1.29, 1.82) is 0 Å². The van der Waals surface area contributed by atoms with Crippen LogP contribution in [0.3, 0.4) is 0 Å². The van der Waals surface area contributed by atoms with Crippen LogP contribution < -0.4 is 0 Å². The maximum absolute atomic E-state index is 12.2. The van der Waals surface area contributed by atoms with E-state index in [0.29, 0.717) is 0 Å². The van der Waals surface area contributed by atoms with E-state index < -0.39 is 35.3 Å². The first kappa shape index (κ1) is 22.3. The quantitative estimate of drug-likeness (QED) is 0.298. The van der Waals surface area contributed by atoms with Crippen molar-refractivity contribution in [1.82, 2.24) is 0 Å². The van der Waals surface area contributed by atoms with Gasteiger partial charge in [-0.3, -0.25) is 19.2 Å². The van der Waals surface area contributed by atoms with Gasteiger partial charge in [-0.15, -0.1) is 0 Å². The highest BCUT2D eigenvalue weighted by Crippen LogP contribution is 2.25. The molecule has 0 aromatic heterocycles. The fraction of sp³-hybridized carbons (Fsp3) is 0.800. The zero-order valence-corrected chi connectivity index (χ0v) is 16.1. The number of Topliss-reactive ketones (excluding diaryl/α,β-unsaturated/α-hetero) is 2. The third kappa shape index (κ3) is 7.67. The van der Waals surface area contributed by atoms with E-state index >= 15 is 0 Å². The van der Waals surface area contributed by atoms with Gasteiger partial charge in [-0.05, 0) is 12.8 Å². The van der Waals surface area contributed by atoms with Crippen LogP contribution in [-0.2, 0) is 28.7 Å². The van der Waals surface area contributed by atoms with Gasteiger partial charge in [0.15, 0.2) is 0 Å². The maximum atomic E-state index is 12.2. The first-order valence-corrected chi connectivity index (χ1v) is 9.89. The van der Waals surface area contributed by atoms with E-state index in [-0.39, 0.29) is 26.1 Å². The molecule has 0 N–H and O–H groups in total. The molecule has 1 rings (SSSR count). The van der Waals surface area contributed by atoms with Crippen molar-refractivity contribution in [2.45, 2.75) is 78.1 Å². The molecule has 0 aromatic carbocycles. The predicted octanol–water partition coefficient (Wildman–Crippen LogP) is 3.40. The van der Waals surface area contributed by atoms with Crippen molar-refractivity contribution in [2.75, 3.05) is 13.2 Å². The molecule has 1 aliphatic carbocycles. The summed E-state index contributed by atoms with van der Waals surface area (Å²) in [6, 6.07) is 0. The summed E-state index contributed by atoms with van der Waals surface area (Å²) in [4.78, 5) is 48.4. The molecule has 0 aliphatic heterocycles. The summed E-state index contributed by atoms with van der Waals surface area (Å²) >= 11 is 0. The number of rotatable bonds is 12. The average Bonchev–Trinajstić information content (AvgIpc) is 2.62. The van der Waals surface area contributed by atoms with E-state index in [1.54, 1.807) is 0 Å². The van der Waals surface area contributed by atoms with E-state index in [2.05, 4.69) is 13.8 Å². The second kappa shape index (κ2) is 12.6. The molecule has 0 aromatic rings. The van der Waals surface area contributed by atoms with E-state index in [1.165, 1.54) is 0 Å². The average molecular weight is 368 g/mol. The van der Waals surface area contributed by atoms with Gasteiger partial charge < -0.3 is 9.47 Å². The van der Waals surface area contributed by atoms with Crippen molar-refractivity contribution in [3.8, 4) is 0 Å². The largest absolute Gasteiger partial charge is 0.465 e. The third-order valence-corrected chi connectivity index (χ3v) is 4.64. The molecule has 1 saturated carbocycles. The zero-order valence-electron chi connectivity index (χ0n) is 16.1. The number of ketones is 2. The number of hydrogen-bond donors (Lipinski definition) is 0. The Morgan fingerprint density at radius 1 is 0.731 bits per heavy atom. The minimum atomic E-state index is -1.07. The van der Waals surface area contributed by atoms with Crippen molar-refractivity contribution in [2.24, 2.45) is 11.8 Å². The molecule has 2 unspecified atom stereocenters. The third-order valence-electron chi connectivity index (χ3n) is 4.64. The molecule has 2 atom stereocenters. The Kier molecular flexibility index (Phi) is 10.8. The highest BCUT2D eigenvalue weighted by molar-refractivity contribution is 6.12. The fourth-order valence-corrected chi connectivity index (χ4v) is 2.95. The van der Waals surface area contributed by atoms with Crippen LogP contribution in [0.4, 0.5) is 0 Å². The van der Waals surface area contributed by atoms with Crippen LogP contribution in [0.1, 0.15) is 78.1 Å². The minimum Gasteiger partial charge on any atom is -0.465 e. The molecule has 0 saturated heterocycles. The first-order chi connectivity index (χ1) is 12.5. The lowest BCUT2D eigenvalue weighted by Gasteiger charge is -2.24. The van der Waals surface area contributed by atoms with Gasteiger partial charge in [-0.1, -0.05) is 52.4 Å². The van der Waals surface area contributed by atoms with Crippen molar-refractivity contribution in [3.05, 3.63) is 0 Å². The van der Waals surface area contributed by atoms with E-state index in [0.717, 1.165) is 51.4 Å². The topological polar surface area (TPSA) is 86.7 Å². The summed E-state index contributed by atoms with van der Waals surface area (Å²) in [6.45, 7) is 4.70. The molecule has 148 valence electrons. The standard InChI is InChI=1S/C20H32O6/c1-3-5-7-9-11-25-19(23)15-13-18(22)16(14-17(15)21)20(24)26-12-10-8-6-4-2/h15-16H,3-14H2,1-2H3. The number of ether oxygens (including phenoxy) is 2. The van der Waals surface area contributed by atoms with Gasteiger partial charge in [0.2, 0.25) is 0 Å². The van der Waals surface area contributed by atoms with E-state index in [9.17, 15) is 19.2 Å². The Bertz CT molecular complexity index is 441. The van der Waals surface area contributed by atoms with Crippen molar-refractivity contribution < 1.29 is 28.7 Å². The van der Waals surface area contributed by atoms with Crippen LogP contribution in [0.25, 0.3) is 0 Å². The van der Waals surface area contributed by atoms with Gasteiger partial charge in [0, 0.05) is 12.8 Å². The molecule has 0 radical (unpaired) electrons. The van der Waals surface area contributed by atoms with Gasteiger partial charge in [0.25, 0.3) is 0 Å². The highest BCUT2D eigenvalue weighted by atomic mass is 16.5. The molecular formula is C20H32O6. The summed E-state index contributed by atoms with van der Waals surface area (Å²) in [5.41, 5.74) is 0. The lowest BCUT2D eigenvalue weighted by molar-refractivity contribution is -0.163. The Balaban J connectivity index is 2.38. The summed E-state index contributed by atoms with van der Waals surface area (Å²) in [5, 5.41) is 0. The SMILES string of the molecule is CCCCCCOC(=O)C1CC(=O)C(C(=O)OCCCCCC)CC1=O. The number of hydrogen-bond acceptors (Lipinski definition) is 6. The smallest absolute Gasteiger partial charge is 0.316 e. The Morgan fingerprint density at radius 3 is 1.46 bits per heavy atom. The predicted molar refractivity (Wildman–Crippen MR) is 96.4 cm³/mol. The van der Waals surface area contributed by atoms with E-state index in [4.69, 9.17) is 9.47 Å². The lowest BCUT2D eigenvalue weighted by atomic mass is 9.80. The summed E-state index contributed by atoms with van der Waals surface area (Å²) in [6.07, 6.45) is 7.22. The summed E-state index contributed by atoms with van der Waals surface area (Å²) in [5.74, 6) is -4.24. The van der Waals surface area contributed by atoms with Gasteiger partial charge >= 0.3 is 11.9 Å². The molecular weight excluding hydrogens is 336 g/mol. The summed E-state index contributed by atoms with van der Waals surface area (Å²) in [7, 11) is 0. The van der Waals surface area contributed by atoms with Crippen molar-refractivity contribution in [3.63, 3.8) is 0 Å². The molecule has 0 spiro atoms. The number of carbonyl (C=O) groups is 4. The number of carbonyl (C=O) groups excluding carboxylic acids is 4. The van der Waals surface area contributed by atoms with Gasteiger partial charge in [-0.25, -0.2) is 0 Å². The molecule has 6 heteroatoms. The molecule has 1 aliphatic rings. The molecule has 26 heavy (non-hydrogen) atoms.